The van der Waals surface area contributed by atoms with Crippen LogP contribution in [0.15, 0.2) is 199 Å². The molecular weight excluding hydrogens is 729 g/mol. The molecule has 9 aromatic carbocycles. The van der Waals surface area contributed by atoms with Gasteiger partial charge in [0, 0.05) is 49.3 Å². The van der Waals surface area contributed by atoms with Crippen molar-refractivity contribution in [2.75, 3.05) is 4.90 Å². The minimum Gasteiger partial charge on any atom is -0.456 e. The maximum atomic E-state index is 6.44. The van der Waals surface area contributed by atoms with Crippen LogP contribution in [0.5, 0.6) is 0 Å². The van der Waals surface area contributed by atoms with Crippen LogP contribution >= 0.6 is 0 Å². The normalized spacial score (nSPS) is 13.3. The van der Waals surface area contributed by atoms with Crippen LogP contribution in [0.25, 0.3) is 93.4 Å². The average molecular weight is 767 g/mol. The van der Waals surface area contributed by atoms with E-state index < -0.39 is 0 Å². The molecule has 60 heavy (non-hydrogen) atoms. The van der Waals surface area contributed by atoms with Crippen molar-refractivity contribution in [3.8, 4) is 33.4 Å². The molecule has 0 fully saturated rings. The molecule has 0 saturated carbocycles. The van der Waals surface area contributed by atoms with E-state index in [-0.39, 0.29) is 5.41 Å². The Labute approximate surface area is 347 Å². The van der Waals surface area contributed by atoms with Crippen molar-refractivity contribution in [1.29, 1.82) is 0 Å². The molecule has 12 aromatic rings. The van der Waals surface area contributed by atoms with Crippen LogP contribution < -0.4 is 4.90 Å². The van der Waals surface area contributed by atoms with Gasteiger partial charge in [-0.1, -0.05) is 153 Å². The largest absolute Gasteiger partial charge is 0.456 e. The van der Waals surface area contributed by atoms with Gasteiger partial charge in [-0.2, -0.15) is 0 Å². The monoisotopic (exact) mass is 766 g/mol. The number of benzene rings is 9. The molecule has 1 aliphatic carbocycles. The van der Waals surface area contributed by atoms with Gasteiger partial charge in [0.2, 0.25) is 0 Å². The van der Waals surface area contributed by atoms with Gasteiger partial charge in [-0.05, 0) is 93.5 Å². The maximum Gasteiger partial charge on any atom is 0.137 e. The van der Waals surface area contributed by atoms with Gasteiger partial charge in [0.25, 0.3) is 0 Å². The van der Waals surface area contributed by atoms with Gasteiger partial charge >= 0.3 is 0 Å². The number of nitrogens with zero attached hydrogens (tertiary/aromatic N) is 2. The number of anilines is 3. The van der Waals surface area contributed by atoms with Crippen LogP contribution in [0.1, 0.15) is 25.0 Å². The quantitative estimate of drug-likeness (QED) is 0.174. The van der Waals surface area contributed by atoms with Gasteiger partial charge < -0.3 is 13.7 Å². The Morgan fingerprint density at radius 2 is 1.00 bits per heavy atom. The smallest absolute Gasteiger partial charge is 0.137 e. The van der Waals surface area contributed by atoms with E-state index in [1.165, 1.54) is 82.6 Å². The summed E-state index contributed by atoms with van der Waals surface area (Å²) in [7, 11) is 0. The first-order valence-electron chi connectivity index (χ1n) is 20.8. The van der Waals surface area contributed by atoms with Crippen molar-refractivity contribution in [2.45, 2.75) is 19.3 Å². The summed E-state index contributed by atoms with van der Waals surface area (Å²) in [4.78, 5) is 2.41. The highest BCUT2D eigenvalue weighted by Crippen LogP contribution is 2.53. The van der Waals surface area contributed by atoms with Crippen LogP contribution in [0.4, 0.5) is 17.1 Å². The molecular formula is C57H38N2O. The first-order valence-corrected chi connectivity index (χ1v) is 20.8. The summed E-state index contributed by atoms with van der Waals surface area (Å²) in [6.07, 6.45) is 0. The zero-order valence-corrected chi connectivity index (χ0v) is 33.3. The topological polar surface area (TPSA) is 20.8 Å². The van der Waals surface area contributed by atoms with Crippen LogP contribution in [-0.2, 0) is 5.41 Å². The van der Waals surface area contributed by atoms with E-state index in [1.807, 2.05) is 6.07 Å². The lowest BCUT2D eigenvalue weighted by Gasteiger charge is -2.29. The second-order valence-electron chi connectivity index (χ2n) is 16.9. The van der Waals surface area contributed by atoms with Crippen LogP contribution in [0.3, 0.4) is 0 Å². The molecule has 282 valence electrons. The Morgan fingerprint density at radius 3 is 1.83 bits per heavy atom. The van der Waals surface area contributed by atoms with Gasteiger partial charge in [-0.3, -0.25) is 0 Å². The predicted octanol–water partition coefficient (Wildman–Crippen LogP) is 15.8. The molecule has 3 nitrogen and oxygen atoms in total. The molecule has 1 aliphatic rings. The molecule has 0 aliphatic heterocycles. The molecule has 3 aromatic heterocycles. The first-order chi connectivity index (χ1) is 29.5. The molecule has 0 radical (unpaired) electrons. The fourth-order valence-electron chi connectivity index (χ4n) is 10.5. The molecule has 0 atom stereocenters. The highest BCUT2D eigenvalue weighted by Gasteiger charge is 2.37. The number of fused-ring (bicyclic) bond motifs is 12. The van der Waals surface area contributed by atoms with E-state index in [9.17, 15) is 0 Å². The van der Waals surface area contributed by atoms with Gasteiger partial charge in [-0.25, -0.2) is 0 Å². The summed E-state index contributed by atoms with van der Waals surface area (Å²) in [5.74, 6) is 0. The van der Waals surface area contributed by atoms with E-state index in [4.69, 9.17) is 4.42 Å². The van der Waals surface area contributed by atoms with Crippen molar-refractivity contribution < 1.29 is 4.42 Å². The van der Waals surface area contributed by atoms with Crippen LogP contribution in [-0.4, -0.2) is 4.40 Å². The lowest BCUT2D eigenvalue weighted by Crippen LogP contribution is -2.16. The van der Waals surface area contributed by atoms with Crippen molar-refractivity contribution in [2.24, 2.45) is 0 Å². The Hall–Kier alpha value is -7.62. The van der Waals surface area contributed by atoms with Gasteiger partial charge in [0.1, 0.15) is 11.2 Å². The first kappa shape index (κ1) is 33.4. The van der Waals surface area contributed by atoms with E-state index in [0.29, 0.717) is 0 Å². The number of aromatic nitrogens is 1. The molecule has 3 heterocycles. The number of furan rings is 1. The molecule has 0 bridgehead atoms. The van der Waals surface area contributed by atoms with Gasteiger partial charge in [0.05, 0.1) is 27.6 Å². The molecule has 0 amide bonds. The summed E-state index contributed by atoms with van der Waals surface area (Å²) in [5.41, 5.74) is 18.8. The summed E-state index contributed by atoms with van der Waals surface area (Å²) in [6, 6.07) is 71.0. The number of hydrogen-bond acceptors (Lipinski definition) is 2. The number of hydrogen-bond donors (Lipinski definition) is 0. The highest BCUT2D eigenvalue weighted by molar-refractivity contribution is 6.25. The van der Waals surface area contributed by atoms with Crippen LogP contribution in [0.2, 0.25) is 0 Å². The number of para-hydroxylation sites is 4. The second-order valence-corrected chi connectivity index (χ2v) is 16.9. The minimum atomic E-state index is -0.248. The maximum absolute atomic E-state index is 6.44. The van der Waals surface area contributed by atoms with E-state index >= 15 is 0 Å². The van der Waals surface area contributed by atoms with Gasteiger partial charge in [0.15, 0.2) is 0 Å². The third kappa shape index (κ3) is 4.55. The molecule has 0 unspecified atom stereocenters. The fraction of sp³-hybridized carbons (Fsp3) is 0.0526. The summed E-state index contributed by atoms with van der Waals surface area (Å²) < 4.78 is 8.95. The Balaban J connectivity index is 0.976. The van der Waals surface area contributed by atoms with E-state index in [0.717, 1.165) is 39.0 Å². The standard InChI is InChI=1S/C57H38N2O/c1-57(2)48-33-37(40-17-10-19-45-46-20-11-18-44-43-15-6-8-21-50(43)59(55(40)45)56(44)46)27-31-41(48)42-32-30-39(34-49(42)57)58(38-28-25-36(26-29-38)35-13-4-3-5-14-35)51-22-12-24-53-54(51)47-16-7-9-23-52(47)60-53/h3-34H,1-2H3. The van der Waals surface area contributed by atoms with Crippen LogP contribution in [0, 0.1) is 0 Å². The highest BCUT2D eigenvalue weighted by atomic mass is 16.3. The van der Waals surface area contributed by atoms with Crippen molar-refractivity contribution >= 4 is 77.1 Å². The van der Waals surface area contributed by atoms with Crippen molar-refractivity contribution in [3.05, 3.63) is 205 Å². The lowest BCUT2D eigenvalue weighted by molar-refractivity contribution is 0.660. The minimum absolute atomic E-state index is 0.248. The SMILES string of the molecule is CC1(C)c2cc(-c3cccc4c5cccc6c7ccccc7n(c34)c65)ccc2-c2ccc(N(c3ccc(-c4ccccc4)cc3)c3cccc4oc5ccccc5c34)cc21. The molecule has 3 heteroatoms. The summed E-state index contributed by atoms with van der Waals surface area (Å²) in [5, 5.41) is 7.43. The number of rotatable bonds is 5. The zero-order chi connectivity index (χ0) is 39.7. The molecule has 0 spiro atoms. The third-order valence-electron chi connectivity index (χ3n) is 13.3. The van der Waals surface area contributed by atoms with E-state index in [1.54, 1.807) is 0 Å². The lowest BCUT2D eigenvalue weighted by atomic mass is 9.81. The third-order valence-corrected chi connectivity index (χ3v) is 13.3. The summed E-state index contributed by atoms with van der Waals surface area (Å²) in [6.45, 7) is 4.78. The molecule has 0 N–H and O–H groups in total. The molecule has 0 saturated heterocycles. The van der Waals surface area contributed by atoms with Crippen molar-refractivity contribution in [1.82, 2.24) is 4.40 Å². The molecule has 13 rings (SSSR count). The predicted molar refractivity (Wildman–Crippen MR) is 251 cm³/mol. The second kappa shape index (κ2) is 12.2. The summed E-state index contributed by atoms with van der Waals surface area (Å²) >= 11 is 0. The van der Waals surface area contributed by atoms with Gasteiger partial charge in [-0.15, -0.1) is 0 Å². The average Bonchev–Trinajstić information content (AvgIpc) is 4.02. The Bertz CT molecular complexity index is 3680. The van der Waals surface area contributed by atoms with E-state index in [2.05, 4.69) is 211 Å². The Morgan fingerprint density at radius 1 is 0.417 bits per heavy atom. The fourth-order valence-corrected chi connectivity index (χ4v) is 10.5. The Kier molecular flexibility index (Phi) is 6.78. The van der Waals surface area contributed by atoms with Crippen molar-refractivity contribution in [3.63, 3.8) is 0 Å². The zero-order valence-electron chi connectivity index (χ0n) is 33.3.